The van der Waals surface area contributed by atoms with Gasteiger partial charge in [0.25, 0.3) is 0 Å². The van der Waals surface area contributed by atoms with Crippen LogP contribution in [0, 0.1) is 0 Å². The van der Waals surface area contributed by atoms with Gasteiger partial charge in [-0.25, -0.2) is 0 Å². The predicted molar refractivity (Wildman–Crippen MR) is 89.2 cm³/mol. The van der Waals surface area contributed by atoms with Gasteiger partial charge < -0.3 is 4.90 Å². The monoisotopic (exact) mass is 275 g/mol. The molecule has 3 rings (SSSR count). The smallest absolute Gasteiger partial charge is 0.0356 e. The molecule has 0 saturated carbocycles. The quantitative estimate of drug-likeness (QED) is 0.788. The molecule has 2 aromatic rings. The van der Waals surface area contributed by atoms with Crippen LogP contribution in [0.15, 0.2) is 84.6 Å². The lowest BCUT2D eigenvalue weighted by Crippen LogP contribution is -2.14. The van der Waals surface area contributed by atoms with Gasteiger partial charge in [0.05, 0.1) is 0 Å². The molecule has 21 heavy (non-hydrogen) atoms. The first-order valence-electron chi connectivity index (χ1n) is 7.50. The summed E-state index contributed by atoms with van der Waals surface area (Å²) in [4.78, 5) is 2.20. The molecular formula is C20H21N. The second-order valence-electron chi connectivity index (χ2n) is 5.61. The maximum atomic E-state index is 2.33. The fourth-order valence-corrected chi connectivity index (χ4v) is 2.80. The van der Waals surface area contributed by atoms with E-state index in [1.54, 1.807) is 0 Å². The van der Waals surface area contributed by atoms with Crippen LogP contribution in [0.2, 0.25) is 0 Å². The van der Waals surface area contributed by atoms with Crippen molar-refractivity contribution in [2.75, 3.05) is 13.6 Å². The molecule has 0 aromatic heterocycles. The zero-order chi connectivity index (χ0) is 14.5. The standard InChI is InChI=1S/C20H21N/c1-21-14-12-17(13-15-21)16-20(18-8-4-2-5-9-18)19-10-6-3-7-11-19/h2-14,20H,15-16H2,1H3. The molecule has 1 aliphatic rings. The summed E-state index contributed by atoms with van der Waals surface area (Å²) < 4.78 is 0. The number of allylic oxidation sites excluding steroid dienone is 2. The summed E-state index contributed by atoms with van der Waals surface area (Å²) in [5.41, 5.74) is 4.19. The van der Waals surface area contributed by atoms with Crippen molar-refractivity contribution in [2.24, 2.45) is 0 Å². The van der Waals surface area contributed by atoms with E-state index in [1.165, 1.54) is 16.7 Å². The van der Waals surface area contributed by atoms with Gasteiger partial charge in [-0.15, -0.1) is 0 Å². The summed E-state index contributed by atoms with van der Waals surface area (Å²) >= 11 is 0. The number of rotatable bonds is 4. The molecule has 0 radical (unpaired) electrons. The first-order valence-corrected chi connectivity index (χ1v) is 7.50. The Morgan fingerprint density at radius 1 is 0.905 bits per heavy atom. The Labute approximate surface area is 127 Å². The molecule has 1 aliphatic heterocycles. The van der Waals surface area contributed by atoms with Gasteiger partial charge >= 0.3 is 0 Å². The molecule has 2 aromatic carbocycles. The molecule has 0 saturated heterocycles. The maximum absolute atomic E-state index is 2.33. The molecule has 1 nitrogen and oxygen atoms in total. The zero-order valence-electron chi connectivity index (χ0n) is 12.4. The van der Waals surface area contributed by atoms with Crippen LogP contribution in [0.25, 0.3) is 0 Å². The van der Waals surface area contributed by atoms with E-state index in [9.17, 15) is 0 Å². The fraction of sp³-hybridized carbons (Fsp3) is 0.200. The molecule has 106 valence electrons. The summed E-state index contributed by atoms with van der Waals surface area (Å²) in [6.45, 7) is 1.00. The molecule has 0 amide bonds. The molecule has 0 unspecified atom stereocenters. The van der Waals surface area contributed by atoms with Crippen molar-refractivity contribution in [1.29, 1.82) is 0 Å². The van der Waals surface area contributed by atoms with Crippen LogP contribution in [-0.4, -0.2) is 18.5 Å². The van der Waals surface area contributed by atoms with Crippen LogP contribution in [-0.2, 0) is 0 Å². The van der Waals surface area contributed by atoms with E-state index in [0.29, 0.717) is 5.92 Å². The summed E-state index contributed by atoms with van der Waals surface area (Å²) in [5, 5.41) is 0. The van der Waals surface area contributed by atoms with E-state index in [2.05, 4.69) is 91.0 Å². The first kappa shape index (κ1) is 13.7. The first-order chi connectivity index (χ1) is 10.3. The van der Waals surface area contributed by atoms with Crippen molar-refractivity contribution < 1.29 is 0 Å². The molecule has 0 aliphatic carbocycles. The van der Waals surface area contributed by atoms with Gasteiger partial charge in [-0.2, -0.15) is 0 Å². The minimum atomic E-state index is 0.423. The Kier molecular flexibility index (Phi) is 4.20. The molecule has 1 heterocycles. The van der Waals surface area contributed by atoms with Crippen molar-refractivity contribution in [3.63, 3.8) is 0 Å². The zero-order valence-corrected chi connectivity index (χ0v) is 12.4. The highest BCUT2D eigenvalue weighted by Crippen LogP contribution is 2.31. The van der Waals surface area contributed by atoms with Crippen molar-refractivity contribution in [3.8, 4) is 0 Å². The van der Waals surface area contributed by atoms with Crippen LogP contribution in [0.5, 0.6) is 0 Å². The third-order valence-electron chi connectivity index (χ3n) is 4.03. The lowest BCUT2D eigenvalue weighted by molar-refractivity contribution is 0.500. The summed E-state index contributed by atoms with van der Waals surface area (Å²) in [7, 11) is 2.11. The van der Waals surface area contributed by atoms with E-state index >= 15 is 0 Å². The highest BCUT2D eigenvalue weighted by Gasteiger charge is 2.15. The number of nitrogens with zero attached hydrogens (tertiary/aromatic N) is 1. The summed E-state index contributed by atoms with van der Waals surface area (Å²) in [6.07, 6.45) is 7.79. The molecular weight excluding hydrogens is 254 g/mol. The summed E-state index contributed by atoms with van der Waals surface area (Å²) in [5.74, 6) is 0.423. The van der Waals surface area contributed by atoms with Crippen LogP contribution in [0.4, 0.5) is 0 Å². The van der Waals surface area contributed by atoms with Gasteiger partial charge in [0.1, 0.15) is 0 Å². The number of hydrogen-bond donors (Lipinski definition) is 0. The lowest BCUT2D eigenvalue weighted by Gasteiger charge is -2.22. The Hall–Kier alpha value is -2.28. The minimum absolute atomic E-state index is 0.423. The van der Waals surface area contributed by atoms with Crippen LogP contribution < -0.4 is 0 Å². The van der Waals surface area contributed by atoms with E-state index in [-0.39, 0.29) is 0 Å². The fourth-order valence-electron chi connectivity index (χ4n) is 2.80. The highest BCUT2D eigenvalue weighted by molar-refractivity contribution is 5.36. The van der Waals surface area contributed by atoms with Gasteiger partial charge in [-0.3, -0.25) is 0 Å². The van der Waals surface area contributed by atoms with Gasteiger partial charge in [0.15, 0.2) is 0 Å². The topological polar surface area (TPSA) is 3.24 Å². The van der Waals surface area contributed by atoms with E-state index in [0.717, 1.165) is 13.0 Å². The Balaban J connectivity index is 1.89. The van der Waals surface area contributed by atoms with Crippen molar-refractivity contribution >= 4 is 0 Å². The largest absolute Gasteiger partial charge is 0.377 e. The van der Waals surface area contributed by atoms with E-state index in [4.69, 9.17) is 0 Å². The number of likely N-dealkylation sites (N-methyl/N-ethyl adjacent to an activating group) is 1. The normalized spacial score (nSPS) is 14.4. The van der Waals surface area contributed by atoms with Crippen LogP contribution in [0.3, 0.4) is 0 Å². The Morgan fingerprint density at radius 2 is 1.48 bits per heavy atom. The van der Waals surface area contributed by atoms with Gasteiger partial charge in [0.2, 0.25) is 0 Å². The Morgan fingerprint density at radius 3 is 1.95 bits per heavy atom. The lowest BCUT2D eigenvalue weighted by atomic mass is 9.85. The molecule has 0 atom stereocenters. The number of benzene rings is 2. The van der Waals surface area contributed by atoms with Gasteiger partial charge in [0, 0.05) is 19.5 Å². The number of hydrogen-bond acceptors (Lipinski definition) is 1. The maximum Gasteiger partial charge on any atom is 0.0356 e. The van der Waals surface area contributed by atoms with E-state index < -0.39 is 0 Å². The average Bonchev–Trinajstić information content (AvgIpc) is 2.56. The van der Waals surface area contributed by atoms with E-state index in [1.807, 2.05) is 0 Å². The van der Waals surface area contributed by atoms with Crippen molar-refractivity contribution in [1.82, 2.24) is 4.90 Å². The van der Waals surface area contributed by atoms with Gasteiger partial charge in [-0.05, 0) is 35.4 Å². The second-order valence-corrected chi connectivity index (χ2v) is 5.61. The average molecular weight is 275 g/mol. The molecule has 0 bridgehead atoms. The summed E-state index contributed by atoms with van der Waals surface area (Å²) in [6, 6.07) is 21.6. The molecule has 0 fully saturated rings. The molecule has 0 spiro atoms. The third kappa shape index (κ3) is 3.43. The molecule has 0 N–H and O–H groups in total. The second kappa shape index (κ2) is 6.45. The van der Waals surface area contributed by atoms with Crippen LogP contribution >= 0.6 is 0 Å². The SMILES string of the molecule is CN1C=CC(CC(c2ccccc2)c2ccccc2)=CC1. The van der Waals surface area contributed by atoms with Crippen LogP contribution in [0.1, 0.15) is 23.5 Å². The van der Waals surface area contributed by atoms with Gasteiger partial charge in [-0.1, -0.05) is 66.7 Å². The van der Waals surface area contributed by atoms with Crippen molar-refractivity contribution in [3.05, 3.63) is 95.7 Å². The minimum Gasteiger partial charge on any atom is -0.377 e. The highest BCUT2D eigenvalue weighted by atomic mass is 15.1. The van der Waals surface area contributed by atoms with Crippen molar-refractivity contribution in [2.45, 2.75) is 12.3 Å². The Bertz CT molecular complexity index is 586. The predicted octanol–water partition coefficient (Wildman–Crippen LogP) is 4.59. The molecule has 1 heteroatoms. The third-order valence-corrected chi connectivity index (χ3v) is 4.03.